The minimum absolute atomic E-state index is 0.151. The molecule has 0 aliphatic rings. The second-order valence-corrected chi connectivity index (χ2v) is 6.53. The molecule has 6 heteroatoms. The van der Waals surface area contributed by atoms with E-state index in [9.17, 15) is 9.59 Å². The van der Waals surface area contributed by atoms with E-state index in [2.05, 4.69) is 15.6 Å². The minimum atomic E-state index is -0.404. The zero-order chi connectivity index (χ0) is 19.4. The molecule has 0 radical (unpaired) electrons. The van der Waals surface area contributed by atoms with Crippen molar-refractivity contribution in [2.45, 2.75) is 13.8 Å². The summed E-state index contributed by atoms with van der Waals surface area (Å²) in [6.45, 7) is 3.93. The Labute approximate surface area is 162 Å². The molecular weight excluding hydrogens is 362 g/mol. The lowest BCUT2D eigenvalue weighted by Gasteiger charge is -2.11. The van der Waals surface area contributed by atoms with Crippen LogP contribution in [0.4, 0.5) is 11.4 Å². The highest BCUT2D eigenvalue weighted by molar-refractivity contribution is 6.30. The molecule has 1 aromatic heterocycles. The van der Waals surface area contributed by atoms with Gasteiger partial charge in [-0.2, -0.15) is 0 Å². The van der Waals surface area contributed by atoms with Gasteiger partial charge in [-0.25, -0.2) is 0 Å². The van der Waals surface area contributed by atoms with E-state index in [4.69, 9.17) is 11.6 Å². The smallest absolute Gasteiger partial charge is 0.274 e. The normalized spacial score (nSPS) is 10.3. The number of amides is 2. The first-order valence-electron chi connectivity index (χ1n) is 8.34. The Bertz CT molecular complexity index is 1000. The van der Waals surface area contributed by atoms with Crippen molar-refractivity contribution < 1.29 is 9.59 Å². The monoisotopic (exact) mass is 379 g/mol. The molecule has 0 saturated heterocycles. The van der Waals surface area contributed by atoms with E-state index in [0.29, 0.717) is 16.3 Å². The van der Waals surface area contributed by atoms with Gasteiger partial charge in [0.15, 0.2) is 0 Å². The van der Waals surface area contributed by atoms with E-state index < -0.39 is 5.91 Å². The quantitative estimate of drug-likeness (QED) is 0.680. The standard InChI is InChI=1S/C21H18ClN3O2/c1-13-4-3-5-18(14(13)2)25-20(26)15-10-11-23-19(12-15)21(27)24-17-8-6-16(22)7-9-17/h3-12H,1-2H3,(H,24,27)(H,25,26). The number of aryl methyl sites for hydroxylation is 1. The third-order valence-corrected chi connectivity index (χ3v) is 4.46. The first-order chi connectivity index (χ1) is 12.9. The SMILES string of the molecule is Cc1cccc(NC(=O)c2ccnc(C(=O)Nc3ccc(Cl)cc3)c2)c1C. The van der Waals surface area contributed by atoms with Crippen molar-refractivity contribution in [2.75, 3.05) is 10.6 Å². The van der Waals surface area contributed by atoms with E-state index in [1.54, 1.807) is 30.3 Å². The molecule has 0 fully saturated rings. The number of halogens is 1. The van der Waals surface area contributed by atoms with E-state index >= 15 is 0 Å². The second kappa shape index (κ2) is 8.01. The van der Waals surface area contributed by atoms with Crippen molar-refractivity contribution in [3.05, 3.63) is 88.2 Å². The largest absolute Gasteiger partial charge is 0.322 e. The summed E-state index contributed by atoms with van der Waals surface area (Å²) in [4.78, 5) is 29.0. The number of benzene rings is 2. The molecule has 0 saturated carbocycles. The number of hydrogen-bond donors (Lipinski definition) is 2. The van der Waals surface area contributed by atoms with Gasteiger partial charge in [-0.05, 0) is 67.4 Å². The molecule has 3 aromatic rings. The summed E-state index contributed by atoms with van der Waals surface area (Å²) in [5.74, 6) is -0.703. The highest BCUT2D eigenvalue weighted by Gasteiger charge is 2.13. The van der Waals surface area contributed by atoms with Gasteiger partial charge in [0.1, 0.15) is 5.69 Å². The maximum atomic E-state index is 12.6. The molecule has 136 valence electrons. The number of hydrogen-bond acceptors (Lipinski definition) is 3. The van der Waals surface area contributed by atoms with Crippen molar-refractivity contribution >= 4 is 34.8 Å². The molecule has 0 aliphatic carbocycles. The number of anilines is 2. The van der Waals surface area contributed by atoms with Crippen molar-refractivity contribution in [1.82, 2.24) is 4.98 Å². The predicted molar refractivity (Wildman–Crippen MR) is 108 cm³/mol. The Morgan fingerprint density at radius 1 is 0.926 bits per heavy atom. The molecule has 0 bridgehead atoms. The summed E-state index contributed by atoms with van der Waals surface area (Å²) in [7, 11) is 0. The highest BCUT2D eigenvalue weighted by atomic mass is 35.5. The van der Waals surface area contributed by atoms with Crippen LogP contribution >= 0.6 is 11.6 Å². The van der Waals surface area contributed by atoms with Crippen LogP contribution in [-0.2, 0) is 0 Å². The van der Waals surface area contributed by atoms with Crippen LogP contribution in [0.25, 0.3) is 0 Å². The Kier molecular flexibility index (Phi) is 5.52. The van der Waals surface area contributed by atoms with Gasteiger partial charge in [0.25, 0.3) is 11.8 Å². The van der Waals surface area contributed by atoms with Gasteiger partial charge in [-0.1, -0.05) is 23.7 Å². The average Bonchev–Trinajstić information content (AvgIpc) is 2.67. The number of nitrogens with one attached hydrogen (secondary N) is 2. The van der Waals surface area contributed by atoms with Gasteiger partial charge in [0.05, 0.1) is 0 Å². The lowest BCUT2D eigenvalue weighted by molar-refractivity contribution is 0.102. The summed E-state index contributed by atoms with van der Waals surface area (Å²) < 4.78 is 0. The van der Waals surface area contributed by atoms with Crippen LogP contribution in [0.3, 0.4) is 0 Å². The van der Waals surface area contributed by atoms with Gasteiger partial charge in [0, 0.05) is 28.2 Å². The van der Waals surface area contributed by atoms with Crippen LogP contribution in [-0.4, -0.2) is 16.8 Å². The van der Waals surface area contributed by atoms with Gasteiger partial charge in [0.2, 0.25) is 0 Å². The average molecular weight is 380 g/mol. The van der Waals surface area contributed by atoms with Crippen molar-refractivity contribution in [3.63, 3.8) is 0 Å². The number of pyridine rings is 1. The van der Waals surface area contributed by atoms with Crippen LogP contribution in [0.1, 0.15) is 32.0 Å². The van der Waals surface area contributed by atoms with Crippen molar-refractivity contribution in [1.29, 1.82) is 0 Å². The fourth-order valence-corrected chi connectivity index (χ4v) is 2.63. The van der Waals surface area contributed by atoms with Crippen LogP contribution in [0, 0.1) is 13.8 Å². The summed E-state index contributed by atoms with van der Waals surface area (Å²) >= 11 is 5.84. The van der Waals surface area contributed by atoms with E-state index in [1.807, 2.05) is 32.0 Å². The summed E-state index contributed by atoms with van der Waals surface area (Å²) in [5.41, 5.74) is 3.93. The maximum Gasteiger partial charge on any atom is 0.274 e. The number of aromatic nitrogens is 1. The summed E-state index contributed by atoms with van der Waals surface area (Å²) in [5, 5.41) is 6.18. The van der Waals surface area contributed by atoms with Crippen molar-refractivity contribution in [2.24, 2.45) is 0 Å². The Morgan fingerprint density at radius 2 is 1.67 bits per heavy atom. The third-order valence-electron chi connectivity index (χ3n) is 4.21. The predicted octanol–water partition coefficient (Wildman–Crippen LogP) is 4.86. The van der Waals surface area contributed by atoms with E-state index in [-0.39, 0.29) is 11.6 Å². The zero-order valence-corrected chi connectivity index (χ0v) is 15.7. The van der Waals surface area contributed by atoms with Crippen LogP contribution in [0.5, 0.6) is 0 Å². The number of carbonyl (C=O) groups excluding carboxylic acids is 2. The minimum Gasteiger partial charge on any atom is -0.322 e. The highest BCUT2D eigenvalue weighted by Crippen LogP contribution is 2.19. The van der Waals surface area contributed by atoms with Gasteiger partial charge >= 0.3 is 0 Å². The number of carbonyl (C=O) groups is 2. The first-order valence-corrected chi connectivity index (χ1v) is 8.72. The Morgan fingerprint density at radius 3 is 2.41 bits per heavy atom. The van der Waals surface area contributed by atoms with E-state index in [0.717, 1.165) is 16.8 Å². The lowest BCUT2D eigenvalue weighted by Crippen LogP contribution is -2.17. The van der Waals surface area contributed by atoms with Crippen LogP contribution < -0.4 is 10.6 Å². The van der Waals surface area contributed by atoms with Gasteiger partial charge in [-0.3, -0.25) is 14.6 Å². The fraction of sp³-hybridized carbons (Fsp3) is 0.0952. The molecule has 0 unspecified atom stereocenters. The molecule has 27 heavy (non-hydrogen) atoms. The van der Waals surface area contributed by atoms with E-state index in [1.165, 1.54) is 12.3 Å². The molecule has 2 N–H and O–H groups in total. The molecule has 3 rings (SSSR count). The van der Waals surface area contributed by atoms with Gasteiger partial charge in [-0.15, -0.1) is 0 Å². The van der Waals surface area contributed by atoms with Gasteiger partial charge < -0.3 is 10.6 Å². The third kappa shape index (κ3) is 4.51. The topological polar surface area (TPSA) is 71.1 Å². The molecule has 0 atom stereocenters. The molecule has 5 nitrogen and oxygen atoms in total. The summed E-state index contributed by atoms with van der Waals surface area (Å²) in [6, 6.07) is 15.5. The second-order valence-electron chi connectivity index (χ2n) is 6.09. The Hall–Kier alpha value is -3.18. The first kappa shape index (κ1) is 18.6. The molecule has 1 heterocycles. The number of nitrogens with zero attached hydrogens (tertiary/aromatic N) is 1. The molecule has 2 aromatic carbocycles. The van der Waals surface area contributed by atoms with Crippen LogP contribution in [0.2, 0.25) is 5.02 Å². The lowest BCUT2D eigenvalue weighted by atomic mass is 10.1. The summed E-state index contributed by atoms with van der Waals surface area (Å²) in [6.07, 6.45) is 1.44. The maximum absolute atomic E-state index is 12.6. The Balaban J connectivity index is 1.76. The van der Waals surface area contributed by atoms with Crippen LogP contribution in [0.15, 0.2) is 60.8 Å². The molecular formula is C21H18ClN3O2. The molecule has 0 spiro atoms. The fourth-order valence-electron chi connectivity index (χ4n) is 2.51. The molecule has 2 amide bonds. The molecule has 0 aliphatic heterocycles. The number of rotatable bonds is 4. The zero-order valence-electron chi connectivity index (χ0n) is 14.9. The van der Waals surface area contributed by atoms with Crippen molar-refractivity contribution in [3.8, 4) is 0 Å².